The second-order valence-electron chi connectivity index (χ2n) is 6.01. The average Bonchev–Trinajstić information content (AvgIpc) is 2.72. The molecule has 2 aliphatic heterocycles. The maximum absolute atomic E-state index is 12.1. The lowest BCUT2D eigenvalue weighted by atomic mass is 9.91. The van der Waals surface area contributed by atoms with E-state index in [1.54, 1.807) is 0 Å². The Morgan fingerprint density at radius 1 is 1.38 bits per heavy atom. The van der Waals surface area contributed by atoms with Crippen LogP contribution in [-0.4, -0.2) is 40.3 Å². The van der Waals surface area contributed by atoms with Crippen molar-refractivity contribution in [1.82, 2.24) is 9.21 Å². The summed E-state index contributed by atoms with van der Waals surface area (Å²) in [5.74, 6) is 0.323. The summed E-state index contributed by atoms with van der Waals surface area (Å²) in [5, 5.41) is 0. The number of piperazine rings is 1. The number of fused-ring (bicyclic) bond motifs is 2. The number of hydrogen-bond donors (Lipinski definition) is 1. The zero-order valence-corrected chi connectivity index (χ0v) is 11.9. The number of nitrogens with zero attached hydrogens (tertiary/aromatic N) is 2. The Morgan fingerprint density at radius 2 is 2.06 bits per heavy atom. The molecule has 0 spiro atoms. The van der Waals surface area contributed by atoms with E-state index in [1.807, 2.05) is 0 Å². The van der Waals surface area contributed by atoms with Gasteiger partial charge in [0.2, 0.25) is 5.91 Å². The lowest BCUT2D eigenvalue weighted by Crippen LogP contribution is -2.46. The maximum atomic E-state index is 12.1. The molecule has 0 aromatic carbocycles. The van der Waals surface area contributed by atoms with Gasteiger partial charge in [-0.2, -0.15) is 0 Å². The van der Waals surface area contributed by atoms with E-state index in [2.05, 4.69) is 41.6 Å². The van der Waals surface area contributed by atoms with Crippen LogP contribution in [0.2, 0.25) is 0 Å². The van der Waals surface area contributed by atoms with Crippen LogP contribution in [0.1, 0.15) is 33.6 Å². The van der Waals surface area contributed by atoms with E-state index in [4.69, 9.17) is 0 Å². The number of carbonyl (C=O) groups excluding carboxylic acids is 1. The maximum Gasteiger partial charge on any atom is 0.223 e. The molecule has 2 fully saturated rings. The molecule has 1 amide bonds. The molecular weight excluding hydrogens is 240 g/mol. The first kappa shape index (κ1) is 12.6. The smallest absolute Gasteiger partial charge is 0.223 e. The molecule has 92 valence electrons. The molecule has 0 saturated carbocycles. The molecule has 2 aliphatic rings. The summed E-state index contributed by atoms with van der Waals surface area (Å²) in [4.78, 5) is 14.2. The van der Waals surface area contributed by atoms with Crippen molar-refractivity contribution in [2.45, 2.75) is 45.7 Å². The van der Waals surface area contributed by atoms with Crippen LogP contribution in [0.4, 0.5) is 0 Å². The molecule has 2 saturated heterocycles. The van der Waals surface area contributed by atoms with Crippen LogP contribution in [0.15, 0.2) is 0 Å². The minimum atomic E-state index is 0.0941. The summed E-state index contributed by atoms with van der Waals surface area (Å²) < 4.78 is 2.29. The molecule has 2 atom stereocenters. The summed E-state index contributed by atoms with van der Waals surface area (Å²) in [7, 11) is 1.51. The van der Waals surface area contributed by atoms with E-state index in [1.165, 1.54) is 11.0 Å². The predicted molar refractivity (Wildman–Crippen MR) is 71.3 cm³/mol. The number of thiol groups is 1. The topological polar surface area (TPSA) is 23.6 Å². The van der Waals surface area contributed by atoms with Gasteiger partial charge in [-0.3, -0.25) is 4.79 Å². The van der Waals surface area contributed by atoms with Gasteiger partial charge in [0.05, 0.1) is 0 Å². The van der Waals surface area contributed by atoms with Crippen LogP contribution >= 0.6 is 22.6 Å². The van der Waals surface area contributed by atoms with Crippen LogP contribution in [0.5, 0.6) is 0 Å². The Bertz CT molecular complexity index is 290. The first-order valence-corrected chi connectivity index (χ1v) is 7.61. The monoisotopic (exact) mass is 260 g/mol. The molecule has 3 nitrogen and oxygen atoms in total. The SMILES string of the molecule is CC(C)(C)CC(=O)N1CC2CC1CN2SS. The number of carbonyl (C=O) groups is 1. The van der Waals surface area contributed by atoms with Gasteiger partial charge in [-0.15, -0.1) is 0 Å². The fourth-order valence-corrected chi connectivity index (χ4v) is 3.72. The van der Waals surface area contributed by atoms with Gasteiger partial charge in [0.25, 0.3) is 0 Å². The molecule has 16 heavy (non-hydrogen) atoms. The first-order chi connectivity index (χ1) is 7.40. The highest BCUT2D eigenvalue weighted by atomic mass is 33.1. The predicted octanol–water partition coefficient (Wildman–Crippen LogP) is 2.20. The van der Waals surface area contributed by atoms with Crippen molar-refractivity contribution in [3.05, 3.63) is 0 Å². The van der Waals surface area contributed by atoms with E-state index in [0.717, 1.165) is 19.5 Å². The molecule has 0 N–H and O–H groups in total. The number of hydrogen-bond acceptors (Lipinski definition) is 4. The molecule has 2 unspecified atom stereocenters. The second-order valence-corrected chi connectivity index (χ2v) is 7.13. The highest BCUT2D eigenvalue weighted by Gasteiger charge is 2.45. The zero-order valence-electron chi connectivity index (χ0n) is 10.1. The molecular formula is C11H20N2OS2. The van der Waals surface area contributed by atoms with Gasteiger partial charge >= 0.3 is 0 Å². The van der Waals surface area contributed by atoms with Crippen molar-refractivity contribution in [2.75, 3.05) is 13.1 Å². The zero-order chi connectivity index (χ0) is 11.9. The lowest BCUT2D eigenvalue weighted by Gasteiger charge is -2.33. The third-order valence-electron chi connectivity index (χ3n) is 3.30. The summed E-state index contributed by atoms with van der Waals surface area (Å²) in [5.41, 5.74) is 0.0941. The van der Waals surface area contributed by atoms with E-state index < -0.39 is 0 Å². The standard InChI is InChI=1S/C11H20N2OS2/c1-11(2,3)5-10(14)12-6-9-4-8(12)7-13(9)16-15/h8-9,15H,4-7H2,1-3H3. The van der Waals surface area contributed by atoms with E-state index in [9.17, 15) is 4.79 Å². The third-order valence-corrected chi connectivity index (χ3v) is 4.58. The molecule has 2 heterocycles. The summed E-state index contributed by atoms with van der Waals surface area (Å²) in [6, 6.07) is 0.955. The Labute approximate surface area is 107 Å². The van der Waals surface area contributed by atoms with E-state index in [0.29, 0.717) is 24.4 Å². The van der Waals surface area contributed by atoms with Crippen LogP contribution in [0.3, 0.4) is 0 Å². The Kier molecular flexibility index (Phi) is 3.48. The number of amides is 1. The van der Waals surface area contributed by atoms with Gasteiger partial charge in [0.1, 0.15) is 0 Å². The van der Waals surface area contributed by atoms with Gasteiger partial charge in [-0.05, 0) is 22.8 Å². The fraction of sp³-hybridized carbons (Fsp3) is 0.909. The minimum absolute atomic E-state index is 0.0941. The third kappa shape index (κ3) is 2.51. The number of rotatable bonds is 2. The molecule has 5 heteroatoms. The Morgan fingerprint density at radius 3 is 2.50 bits per heavy atom. The summed E-state index contributed by atoms with van der Waals surface area (Å²) in [6.45, 7) is 8.24. The highest BCUT2D eigenvalue weighted by Crippen LogP contribution is 2.37. The van der Waals surface area contributed by atoms with Crippen molar-refractivity contribution in [3.8, 4) is 0 Å². The Hall–Kier alpha value is 0.130. The lowest BCUT2D eigenvalue weighted by molar-refractivity contribution is -0.134. The summed E-state index contributed by atoms with van der Waals surface area (Å²) in [6.07, 6.45) is 1.79. The van der Waals surface area contributed by atoms with E-state index >= 15 is 0 Å². The summed E-state index contributed by atoms with van der Waals surface area (Å²) >= 11 is 4.24. The largest absolute Gasteiger partial charge is 0.337 e. The molecule has 0 radical (unpaired) electrons. The molecule has 2 bridgehead atoms. The van der Waals surface area contributed by atoms with Crippen molar-refractivity contribution in [3.63, 3.8) is 0 Å². The highest BCUT2D eigenvalue weighted by molar-refractivity contribution is 8.67. The average molecular weight is 260 g/mol. The van der Waals surface area contributed by atoms with Crippen molar-refractivity contribution < 1.29 is 4.79 Å². The van der Waals surface area contributed by atoms with Crippen LogP contribution < -0.4 is 0 Å². The first-order valence-electron chi connectivity index (χ1n) is 5.78. The van der Waals surface area contributed by atoms with Crippen LogP contribution in [-0.2, 0) is 4.79 Å². The van der Waals surface area contributed by atoms with Gasteiger partial charge in [0.15, 0.2) is 0 Å². The van der Waals surface area contributed by atoms with Crippen molar-refractivity contribution in [1.29, 1.82) is 0 Å². The van der Waals surface area contributed by atoms with Crippen LogP contribution in [0.25, 0.3) is 0 Å². The van der Waals surface area contributed by atoms with Crippen molar-refractivity contribution >= 4 is 28.5 Å². The Balaban J connectivity index is 1.93. The second kappa shape index (κ2) is 4.42. The van der Waals surface area contributed by atoms with Crippen molar-refractivity contribution in [2.24, 2.45) is 5.41 Å². The quantitative estimate of drug-likeness (QED) is 0.468. The normalized spacial score (nSPS) is 30.1. The molecule has 0 aliphatic carbocycles. The fourth-order valence-electron chi connectivity index (χ4n) is 2.59. The molecule has 0 aromatic rings. The van der Waals surface area contributed by atoms with Gasteiger partial charge in [-0.25, -0.2) is 4.31 Å². The van der Waals surface area contributed by atoms with Gasteiger partial charge in [0, 0.05) is 31.6 Å². The molecule has 0 aromatic heterocycles. The molecule has 2 rings (SSSR count). The number of likely N-dealkylation sites (tertiary alicyclic amines) is 1. The minimum Gasteiger partial charge on any atom is -0.337 e. The van der Waals surface area contributed by atoms with Gasteiger partial charge < -0.3 is 4.90 Å². The van der Waals surface area contributed by atoms with Crippen LogP contribution in [0, 0.1) is 5.41 Å². The van der Waals surface area contributed by atoms with Gasteiger partial charge in [-0.1, -0.05) is 32.4 Å². The van der Waals surface area contributed by atoms with E-state index in [-0.39, 0.29) is 5.41 Å².